The van der Waals surface area contributed by atoms with E-state index >= 15 is 0 Å². The van der Waals surface area contributed by atoms with Crippen LogP contribution in [0.15, 0.2) is 215 Å². The fraction of sp³-hybridized carbons (Fsp3) is 0. The van der Waals surface area contributed by atoms with Gasteiger partial charge in [-0.1, -0.05) is 133 Å². The molecule has 3 heterocycles. The second-order valence-corrected chi connectivity index (χ2v) is 14.9. The number of hydrogen-bond acceptors (Lipinski definition) is 3. The van der Waals surface area contributed by atoms with Gasteiger partial charge in [0.15, 0.2) is 5.58 Å². The first-order valence-corrected chi connectivity index (χ1v) is 19.7. The summed E-state index contributed by atoms with van der Waals surface area (Å²) in [6.45, 7) is 0. The molecule has 0 aliphatic carbocycles. The summed E-state index contributed by atoms with van der Waals surface area (Å²) < 4.78 is 15.5. The predicted molar refractivity (Wildman–Crippen MR) is 241 cm³/mol. The van der Waals surface area contributed by atoms with Crippen molar-refractivity contribution < 1.29 is 8.83 Å². The van der Waals surface area contributed by atoms with Gasteiger partial charge in [0.05, 0.1) is 22.4 Å². The van der Waals surface area contributed by atoms with Crippen LogP contribution in [0, 0.1) is 0 Å². The SMILES string of the molecule is c1ccc(-c2cc(-c3ccccc3)c3c(c2)c2c(N(c4ccccc4)c4cccc5c4oc4ccccc45)cccc2n3-c2ccc3oc4ccccc4c3c2)cc1. The van der Waals surface area contributed by atoms with Crippen LogP contribution >= 0.6 is 0 Å². The Bertz CT molecular complexity index is 3500. The average molecular weight is 743 g/mol. The Morgan fingerprint density at radius 2 is 0.983 bits per heavy atom. The van der Waals surface area contributed by atoms with Gasteiger partial charge in [-0.25, -0.2) is 0 Å². The average Bonchev–Trinajstić information content (AvgIpc) is 3.97. The van der Waals surface area contributed by atoms with Crippen molar-refractivity contribution >= 4 is 82.7 Å². The first kappa shape index (κ1) is 32.4. The molecule has 0 amide bonds. The van der Waals surface area contributed by atoms with E-state index in [0.717, 1.165) is 105 Å². The summed E-state index contributed by atoms with van der Waals surface area (Å²) in [4.78, 5) is 2.38. The fourth-order valence-corrected chi connectivity index (χ4v) is 9.01. The van der Waals surface area contributed by atoms with E-state index in [0.29, 0.717) is 0 Å². The zero-order chi connectivity index (χ0) is 38.2. The van der Waals surface area contributed by atoms with Gasteiger partial charge in [0, 0.05) is 49.3 Å². The lowest BCUT2D eigenvalue weighted by molar-refractivity contribution is 0.668. The van der Waals surface area contributed by atoms with Gasteiger partial charge in [-0.15, -0.1) is 0 Å². The molecule has 0 saturated carbocycles. The molecule has 0 aliphatic rings. The second-order valence-electron chi connectivity index (χ2n) is 14.9. The number of aromatic nitrogens is 1. The zero-order valence-electron chi connectivity index (χ0n) is 31.3. The molecule has 58 heavy (non-hydrogen) atoms. The molecule has 0 atom stereocenters. The number of furan rings is 2. The van der Waals surface area contributed by atoms with Crippen molar-refractivity contribution in [2.24, 2.45) is 0 Å². The van der Waals surface area contributed by atoms with Gasteiger partial charge in [0.25, 0.3) is 0 Å². The minimum atomic E-state index is 0.848. The summed E-state index contributed by atoms with van der Waals surface area (Å²) >= 11 is 0. The summed E-state index contributed by atoms with van der Waals surface area (Å²) in [5.74, 6) is 0. The summed E-state index contributed by atoms with van der Waals surface area (Å²) in [6.07, 6.45) is 0. The quantitative estimate of drug-likeness (QED) is 0.170. The van der Waals surface area contributed by atoms with E-state index in [1.54, 1.807) is 0 Å². The molecule has 0 saturated heterocycles. The van der Waals surface area contributed by atoms with Crippen LogP contribution in [0.4, 0.5) is 17.1 Å². The lowest BCUT2D eigenvalue weighted by atomic mass is 9.95. The van der Waals surface area contributed by atoms with Gasteiger partial charge in [0.1, 0.15) is 16.7 Å². The number of fused-ring (bicyclic) bond motifs is 9. The minimum Gasteiger partial charge on any atom is -0.456 e. The maximum Gasteiger partial charge on any atom is 0.159 e. The topological polar surface area (TPSA) is 34.5 Å². The Morgan fingerprint density at radius 3 is 1.76 bits per heavy atom. The highest BCUT2D eigenvalue weighted by molar-refractivity contribution is 6.22. The standard InChI is InChI=1S/C54H34N2O2/c1-4-16-35(17-5-1)37-32-43(36-18-6-2-7-19-36)53-45(33-37)52-46(25-15-26-47(52)56(53)39-30-31-51-44(34-39)41-23-11-12-28-49(41)57-51)55(38-20-8-3-9-21-38)48-27-14-24-42-40-22-10-13-29-50(40)58-54(42)48/h1-34H. The third-order valence-corrected chi connectivity index (χ3v) is 11.6. The van der Waals surface area contributed by atoms with Crippen molar-refractivity contribution in [1.82, 2.24) is 4.57 Å². The molecule has 0 radical (unpaired) electrons. The summed E-state index contributed by atoms with van der Waals surface area (Å²) in [6, 6.07) is 73.3. The minimum absolute atomic E-state index is 0.848. The Labute approximate surface area is 334 Å². The van der Waals surface area contributed by atoms with E-state index in [4.69, 9.17) is 8.83 Å². The van der Waals surface area contributed by atoms with E-state index in [2.05, 4.69) is 198 Å². The van der Waals surface area contributed by atoms with Crippen LogP contribution in [0.2, 0.25) is 0 Å². The van der Waals surface area contributed by atoms with Crippen molar-refractivity contribution in [2.45, 2.75) is 0 Å². The van der Waals surface area contributed by atoms with Crippen molar-refractivity contribution in [3.8, 4) is 27.9 Å². The van der Waals surface area contributed by atoms with Crippen molar-refractivity contribution in [3.63, 3.8) is 0 Å². The molecule has 272 valence electrons. The lowest BCUT2D eigenvalue weighted by Gasteiger charge is -2.26. The van der Waals surface area contributed by atoms with Gasteiger partial charge in [0.2, 0.25) is 0 Å². The number of benzene rings is 9. The molecular weight excluding hydrogens is 709 g/mol. The van der Waals surface area contributed by atoms with Crippen LogP contribution < -0.4 is 4.90 Å². The molecule has 4 nitrogen and oxygen atoms in total. The first-order chi connectivity index (χ1) is 28.8. The monoisotopic (exact) mass is 742 g/mol. The van der Waals surface area contributed by atoms with Crippen molar-refractivity contribution in [3.05, 3.63) is 206 Å². The highest BCUT2D eigenvalue weighted by Gasteiger charge is 2.26. The molecule has 0 bridgehead atoms. The van der Waals surface area contributed by atoms with Gasteiger partial charge >= 0.3 is 0 Å². The first-order valence-electron chi connectivity index (χ1n) is 19.7. The second kappa shape index (κ2) is 12.9. The van der Waals surface area contributed by atoms with Gasteiger partial charge in [-0.2, -0.15) is 0 Å². The molecule has 9 aromatic carbocycles. The molecule has 3 aromatic heterocycles. The highest BCUT2D eigenvalue weighted by Crippen LogP contribution is 2.49. The van der Waals surface area contributed by atoms with Crippen molar-refractivity contribution in [2.75, 3.05) is 4.90 Å². The Morgan fingerprint density at radius 1 is 0.379 bits per heavy atom. The molecule has 0 aliphatic heterocycles. The predicted octanol–water partition coefficient (Wildman–Crippen LogP) is 15.4. The molecule has 0 fully saturated rings. The van der Waals surface area contributed by atoms with Crippen molar-refractivity contribution in [1.29, 1.82) is 0 Å². The maximum atomic E-state index is 6.75. The molecule has 0 N–H and O–H groups in total. The summed E-state index contributed by atoms with van der Waals surface area (Å²) in [5, 5.41) is 6.67. The van der Waals surface area contributed by atoms with Crippen LogP contribution in [0.25, 0.3) is 93.6 Å². The lowest BCUT2D eigenvalue weighted by Crippen LogP contribution is -2.10. The van der Waals surface area contributed by atoms with Crippen LogP contribution in [0.5, 0.6) is 0 Å². The molecule has 0 spiro atoms. The maximum absolute atomic E-state index is 6.75. The van der Waals surface area contributed by atoms with E-state index in [-0.39, 0.29) is 0 Å². The Balaban J connectivity index is 1.25. The molecule has 0 unspecified atom stereocenters. The van der Waals surface area contributed by atoms with Crippen LogP contribution in [-0.4, -0.2) is 4.57 Å². The number of anilines is 3. The Kier molecular flexibility index (Phi) is 7.20. The third-order valence-electron chi connectivity index (χ3n) is 11.6. The number of rotatable bonds is 6. The van der Waals surface area contributed by atoms with E-state index < -0.39 is 0 Å². The summed E-state index contributed by atoms with van der Waals surface area (Å²) in [7, 11) is 0. The number of hydrogen-bond donors (Lipinski definition) is 0. The van der Waals surface area contributed by atoms with E-state index in [1.165, 1.54) is 5.56 Å². The zero-order valence-corrected chi connectivity index (χ0v) is 31.3. The number of para-hydroxylation sites is 4. The van der Waals surface area contributed by atoms with E-state index in [9.17, 15) is 0 Å². The largest absolute Gasteiger partial charge is 0.456 e. The van der Waals surface area contributed by atoms with Gasteiger partial charge in [-0.3, -0.25) is 0 Å². The van der Waals surface area contributed by atoms with E-state index in [1.807, 2.05) is 18.2 Å². The molecular formula is C54H34N2O2. The molecule has 12 aromatic rings. The normalized spacial score (nSPS) is 11.8. The number of nitrogens with zero attached hydrogens (tertiary/aromatic N) is 2. The fourth-order valence-electron chi connectivity index (χ4n) is 9.01. The molecule has 4 heteroatoms. The summed E-state index contributed by atoms with van der Waals surface area (Å²) in [5.41, 5.74) is 14.5. The highest BCUT2D eigenvalue weighted by atomic mass is 16.3. The van der Waals surface area contributed by atoms with Crippen LogP contribution in [0.3, 0.4) is 0 Å². The third kappa shape index (κ3) is 4.95. The van der Waals surface area contributed by atoms with Gasteiger partial charge < -0.3 is 18.3 Å². The molecule has 12 rings (SSSR count). The van der Waals surface area contributed by atoms with Crippen LogP contribution in [-0.2, 0) is 0 Å². The van der Waals surface area contributed by atoms with Gasteiger partial charge in [-0.05, 0) is 89.5 Å². The van der Waals surface area contributed by atoms with Crippen LogP contribution in [0.1, 0.15) is 0 Å². The Hall–Kier alpha value is -7.82. The smallest absolute Gasteiger partial charge is 0.159 e.